The van der Waals surface area contributed by atoms with Crippen LogP contribution in [-0.2, 0) is 24.8 Å². The monoisotopic (exact) mass is 402 g/mol. The van der Waals surface area contributed by atoms with Crippen LogP contribution in [0.5, 0.6) is 0 Å². The van der Waals surface area contributed by atoms with Gasteiger partial charge in [-0.05, 0) is 44.9 Å². The largest absolute Gasteiger partial charge is 0.381 e. The van der Waals surface area contributed by atoms with Crippen LogP contribution in [0.25, 0.3) is 0 Å². The molecule has 0 bridgehead atoms. The fourth-order valence-corrected chi connectivity index (χ4v) is 5.69. The highest BCUT2D eigenvalue weighted by Crippen LogP contribution is 2.34. The molecule has 0 spiro atoms. The van der Waals surface area contributed by atoms with Crippen LogP contribution >= 0.6 is 11.3 Å². The molecule has 1 saturated heterocycles. The number of nitrogens with one attached hydrogen (secondary N) is 1. The number of aryl methyl sites for hydroxylation is 1. The van der Waals surface area contributed by atoms with Crippen LogP contribution in [0.2, 0.25) is 0 Å². The lowest BCUT2D eigenvalue weighted by atomic mass is 9.94. The molecule has 0 atom stereocenters. The van der Waals surface area contributed by atoms with Crippen molar-refractivity contribution in [3.05, 3.63) is 10.6 Å². The van der Waals surface area contributed by atoms with Gasteiger partial charge in [0.1, 0.15) is 4.75 Å². The van der Waals surface area contributed by atoms with Crippen LogP contribution < -0.4 is 5.32 Å². The number of carbonyl (C=O) groups is 1. The molecular weight excluding hydrogens is 372 g/mol. The summed E-state index contributed by atoms with van der Waals surface area (Å²) in [5.41, 5.74) is 0.788. The van der Waals surface area contributed by atoms with Gasteiger partial charge < -0.3 is 10.1 Å². The maximum atomic E-state index is 12.9. The van der Waals surface area contributed by atoms with E-state index in [2.05, 4.69) is 31.1 Å². The summed E-state index contributed by atoms with van der Waals surface area (Å²) in [5.74, 6) is -0.463. The van der Waals surface area contributed by atoms with E-state index < -0.39 is 20.5 Å². The van der Waals surface area contributed by atoms with Crippen LogP contribution in [0.1, 0.15) is 58.0 Å². The Morgan fingerprint density at radius 1 is 1.23 bits per heavy atom. The quantitative estimate of drug-likeness (QED) is 0.817. The number of carbonyl (C=O) groups excluding carboxylic acids is 1. The molecule has 148 valence electrons. The molecule has 0 aliphatic carbocycles. The minimum absolute atomic E-state index is 0.0148. The van der Waals surface area contributed by atoms with Gasteiger partial charge in [-0.1, -0.05) is 20.8 Å². The van der Waals surface area contributed by atoms with Crippen molar-refractivity contribution in [2.45, 2.75) is 64.5 Å². The minimum atomic E-state index is -3.60. The summed E-state index contributed by atoms with van der Waals surface area (Å²) >= 11 is 1.40. The minimum Gasteiger partial charge on any atom is -0.381 e. The molecule has 26 heavy (non-hydrogen) atoms. The van der Waals surface area contributed by atoms with Gasteiger partial charge in [0.05, 0.1) is 11.4 Å². The van der Waals surface area contributed by atoms with E-state index in [4.69, 9.17) is 4.74 Å². The van der Waals surface area contributed by atoms with Crippen LogP contribution in [0.4, 0.5) is 5.13 Å². The Kier molecular flexibility index (Phi) is 6.20. The molecule has 1 amide bonds. The predicted molar refractivity (Wildman–Crippen MR) is 106 cm³/mol. The van der Waals surface area contributed by atoms with Crippen LogP contribution in [0, 0.1) is 12.8 Å². The summed E-state index contributed by atoms with van der Waals surface area (Å²) in [6.07, 6.45) is 1.44. The first-order valence-electron chi connectivity index (χ1n) is 8.94. The number of nitrogens with zero attached hydrogens (tertiary/aromatic N) is 1. The maximum Gasteiger partial charge on any atom is 0.247 e. The lowest BCUT2D eigenvalue weighted by Gasteiger charge is -2.28. The number of anilines is 1. The molecule has 0 unspecified atom stereocenters. The lowest BCUT2D eigenvalue weighted by molar-refractivity contribution is -0.117. The molecule has 1 fully saturated rings. The number of aromatic nitrogens is 1. The number of hydrogen-bond acceptors (Lipinski definition) is 6. The second-order valence-corrected chi connectivity index (χ2v) is 12.1. The molecule has 0 radical (unpaired) electrons. The summed E-state index contributed by atoms with van der Waals surface area (Å²) in [6.45, 7) is 12.3. The fourth-order valence-electron chi connectivity index (χ4n) is 2.97. The molecule has 1 aliphatic rings. The molecule has 0 saturated carbocycles. The second kappa shape index (κ2) is 7.56. The normalized spacial score (nSPS) is 17.3. The topological polar surface area (TPSA) is 85.4 Å². The number of hydrogen-bond donors (Lipinski definition) is 1. The maximum absolute atomic E-state index is 12.9. The Balaban J connectivity index is 2.14. The average Bonchev–Trinajstić information content (AvgIpc) is 2.88. The van der Waals surface area contributed by atoms with Crippen LogP contribution in [0.3, 0.4) is 0 Å². The first kappa shape index (κ1) is 21.3. The molecule has 1 N–H and O–H groups in total. The Hall–Kier alpha value is -0.990. The third-order valence-electron chi connectivity index (χ3n) is 4.82. The summed E-state index contributed by atoms with van der Waals surface area (Å²) in [7, 11) is -3.60. The van der Waals surface area contributed by atoms with E-state index in [0.717, 1.165) is 23.4 Å². The van der Waals surface area contributed by atoms with Gasteiger partial charge in [-0.3, -0.25) is 4.79 Å². The zero-order valence-electron chi connectivity index (χ0n) is 16.5. The number of ether oxygens (including phenoxy) is 1. The van der Waals surface area contributed by atoms with Crippen molar-refractivity contribution in [3.8, 4) is 0 Å². The second-order valence-electron chi connectivity index (χ2n) is 8.49. The summed E-state index contributed by atoms with van der Waals surface area (Å²) in [4.78, 5) is 18.2. The predicted octanol–water partition coefficient (Wildman–Crippen LogP) is 3.31. The van der Waals surface area contributed by atoms with Gasteiger partial charge in [0.15, 0.2) is 15.0 Å². The standard InChI is InChI=1S/C18H30N2O4S2/c1-12-14(17(2,3)4)25-16(19-12)20-15(21)18(5,6)26(22,23)11-13-7-9-24-10-8-13/h13H,7-11H2,1-6H3,(H,19,20,21). The average molecular weight is 403 g/mol. The van der Waals surface area contributed by atoms with Crippen molar-refractivity contribution < 1.29 is 17.9 Å². The number of sulfone groups is 1. The SMILES string of the molecule is Cc1nc(NC(=O)C(C)(C)S(=O)(=O)CC2CCOCC2)sc1C(C)(C)C. The first-order chi connectivity index (χ1) is 11.8. The summed E-state index contributed by atoms with van der Waals surface area (Å²) in [5, 5.41) is 3.17. The van der Waals surface area contributed by atoms with Crippen LogP contribution in [-0.4, -0.2) is 43.0 Å². The van der Waals surface area contributed by atoms with Crippen molar-refractivity contribution in [2.75, 3.05) is 24.3 Å². The third-order valence-corrected chi connectivity index (χ3v) is 8.97. The molecule has 0 aromatic carbocycles. The van der Waals surface area contributed by atoms with E-state index in [0.29, 0.717) is 18.3 Å². The molecule has 8 heteroatoms. The van der Waals surface area contributed by atoms with Crippen LogP contribution in [0.15, 0.2) is 0 Å². The smallest absolute Gasteiger partial charge is 0.247 e. The Labute approximate surface area is 160 Å². The zero-order valence-corrected chi connectivity index (χ0v) is 18.1. The van der Waals surface area contributed by atoms with E-state index in [1.54, 1.807) is 0 Å². The van der Waals surface area contributed by atoms with Crippen molar-refractivity contribution >= 4 is 32.2 Å². The van der Waals surface area contributed by atoms with Gasteiger partial charge in [0, 0.05) is 18.1 Å². The molecule has 1 aromatic rings. The van der Waals surface area contributed by atoms with E-state index in [1.165, 1.54) is 25.2 Å². The van der Waals surface area contributed by atoms with E-state index in [-0.39, 0.29) is 17.1 Å². The first-order valence-corrected chi connectivity index (χ1v) is 11.4. The molecule has 1 aromatic heterocycles. The van der Waals surface area contributed by atoms with Crippen molar-refractivity contribution in [1.82, 2.24) is 4.98 Å². The molecular formula is C18H30N2O4S2. The molecule has 6 nitrogen and oxygen atoms in total. The number of rotatable bonds is 5. The fraction of sp³-hybridized carbons (Fsp3) is 0.778. The van der Waals surface area contributed by atoms with E-state index >= 15 is 0 Å². The zero-order chi connectivity index (χ0) is 19.8. The Morgan fingerprint density at radius 2 is 1.81 bits per heavy atom. The third kappa shape index (κ3) is 4.64. The lowest BCUT2D eigenvalue weighted by Crippen LogP contribution is -2.47. The van der Waals surface area contributed by atoms with Crippen molar-refractivity contribution in [1.29, 1.82) is 0 Å². The van der Waals surface area contributed by atoms with Gasteiger partial charge in [-0.2, -0.15) is 0 Å². The highest BCUT2D eigenvalue weighted by molar-refractivity contribution is 7.93. The van der Waals surface area contributed by atoms with Gasteiger partial charge in [-0.25, -0.2) is 13.4 Å². The van der Waals surface area contributed by atoms with Gasteiger partial charge >= 0.3 is 0 Å². The van der Waals surface area contributed by atoms with E-state index in [1.807, 2.05) is 6.92 Å². The molecule has 2 heterocycles. The highest BCUT2D eigenvalue weighted by atomic mass is 32.2. The van der Waals surface area contributed by atoms with Gasteiger partial charge in [0.2, 0.25) is 5.91 Å². The van der Waals surface area contributed by atoms with Crippen molar-refractivity contribution in [2.24, 2.45) is 5.92 Å². The highest BCUT2D eigenvalue weighted by Gasteiger charge is 2.43. The molecule has 2 rings (SSSR count). The van der Waals surface area contributed by atoms with Gasteiger partial charge in [0.25, 0.3) is 0 Å². The number of thiazole rings is 1. The van der Waals surface area contributed by atoms with Crippen molar-refractivity contribution in [3.63, 3.8) is 0 Å². The van der Waals surface area contributed by atoms with E-state index in [9.17, 15) is 13.2 Å². The summed E-state index contributed by atoms with van der Waals surface area (Å²) in [6, 6.07) is 0. The number of amides is 1. The van der Waals surface area contributed by atoms with Gasteiger partial charge in [-0.15, -0.1) is 11.3 Å². The Bertz CT molecular complexity index is 755. The Morgan fingerprint density at radius 3 is 2.31 bits per heavy atom. The molecule has 1 aliphatic heterocycles. The summed E-state index contributed by atoms with van der Waals surface area (Å²) < 4.78 is 29.5.